The molecule has 2 rings (SSSR count). The van der Waals surface area contributed by atoms with Gasteiger partial charge in [-0.2, -0.15) is 0 Å². The molecule has 0 aliphatic rings. The van der Waals surface area contributed by atoms with Crippen LogP contribution in [0.4, 0.5) is 8.78 Å². The Morgan fingerprint density at radius 3 is 2.21 bits per heavy atom. The molecule has 0 atom stereocenters. The van der Waals surface area contributed by atoms with Gasteiger partial charge < -0.3 is 0 Å². The zero-order valence-electron chi connectivity index (χ0n) is 10.4. The standard InChI is InChI=1S/C16H12F2S/c1-11-9-14(17)13(15(18)10-11)7-8-16(19)12-5-3-2-4-6-12/h2-10H,1H3. The molecule has 2 aromatic carbocycles. The molecule has 0 unspecified atom stereocenters. The molecule has 96 valence electrons. The predicted octanol–water partition coefficient (Wildman–Crippen LogP) is 4.70. The lowest BCUT2D eigenvalue weighted by Crippen LogP contribution is -1.94. The van der Waals surface area contributed by atoms with E-state index in [4.69, 9.17) is 12.2 Å². The molecule has 3 heteroatoms. The van der Waals surface area contributed by atoms with Gasteiger partial charge in [-0.25, -0.2) is 8.78 Å². The maximum Gasteiger partial charge on any atom is 0.133 e. The van der Waals surface area contributed by atoms with Gasteiger partial charge in [0.1, 0.15) is 11.6 Å². The number of aryl methyl sites for hydroxylation is 1. The van der Waals surface area contributed by atoms with Crippen molar-refractivity contribution >= 4 is 23.2 Å². The van der Waals surface area contributed by atoms with E-state index >= 15 is 0 Å². The van der Waals surface area contributed by atoms with Gasteiger partial charge in [-0.1, -0.05) is 42.5 Å². The number of hydrogen-bond acceptors (Lipinski definition) is 1. The Bertz CT molecular complexity index is 607. The summed E-state index contributed by atoms with van der Waals surface area (Å²) < 4.78 is 27.3. The summed E-state index contributed by atoms with van der Waals surface area (Å²) in [5.74, 6) is -1.16. The van der Waals surface area contributed by atoms with Gasteiger partial charge in [0.2, 0.25) is 0 Å². The first-order valence-corrected chi connectivity index (χ1v) is 6.22. The first-order valence-electron chi connectivity index (χ1n) is 5.81. The van der Waals surface area contributed by atoms with Crippen LogP contribution in [-0.2, 0) is 0 Å². The second kappa shape index (κ2) is 5.85. The Morgan fingerprint density at radius 1 is 1.05 bits per heavy atom. The van der Waals surface area contributed by atoms with Crippen LogP contribution in [0.2, 0.25) is 0 Å². The number of allylic oxidation sites excluding steroid dienone is 1. The largest absolute Gasteiger partial charge is 0.206 e. The average molecular weight is 274 g/mol. The van der Waals surface area contributed by atoms with E-state index in [1.54, 1.807) is 13.0 Å². The summed E-state index contributed by atoms with van der Waals surface area (Å²) in [6.45, 7) is 1.65. The van der Waals surface area contributed by atoms with Crippen molar-refractivity contribution in [1.82, 2.24) is 0 Å². The lowest BCUT2D eigenvalue weighted by molar-refractivity contribution is 0.577. The minimum Gasteiger partial charge on any atom is -0.206 e. The van der Waals surface area contributed by atoms with Crippen molar-refractivity contribution in [3.05, 3.63) is 76.9 Å². The molecule has 0 spiro atoms. The van der Waals surface area contributed by atoms with Crippen molar-refractivity contribution in [3.8, 4) is 0 Å². The summed E-state index contributed by atoms with van der Waals surface area (Å²) in [7, 11) is 0. The van der Waals surface area contributed by atoms with Crippen LogP contribution in [0.3, 0.4) is 0 Å². The molecule has 0 heterocycles. The topological polar surface area (TPSA) is 0 Å². The zero-order valence-corrected chi connectivity index (χ0v) is 11.2. The summed E-state index contributed by atoms with van der Waals surface area (Å²) in [4.78, 5) is 0.542. The van der Waals surface area contributed by atoms with Crippen molar-refractivity contribution in [2.75, 3.05) is 0 Å². The molecule has 0 saturated heterocycles. The highest BCUT2D eigenvalue weighted by Gasteiger charge is 2.07. The van der Waals surface area contributed by atoms with Crippen LogP contribution in [0.1, 0.15) is 16.7 Å². The molecule has 0 fully saturated rings. The second-order valence-electron chi connectivity index (χ2n) is 4.21. The summed E-state index contributed by atoms with van der Waals surface area (Å²) in [5.41, 5.74) is 1.34. The fourth-order valence-electron chi connectivity index (χ4n) is 1.73. The van der Waals surface area contributed by atoms with Crippen molar-refractivity contribution in [2.45, 2.75) is 6.92 Å². The SMILES string of the molecule is Cc1cc(F)c(C=CC(=S)c2ccccc2)c(F)c1. The number of benzene rings is 2. The van der Waals surface area contributed by atoms with E-state index in [1.165, 1.54) is 18.2 Å². The third-order valence-corrected chi connectivity index (χ3v) is 3.05. The summed E-state index contributed by atoms with van der Waals surface area (Å²) in [6.07, 6.45) is 2.92. The van der Waals surface area contributed by atoms with E-state index in [2.05, 4.69) is 0 Å². The molecule has 0 aliphatic heterocycles. The molecule has 0 aromatic heterocycles. The minimum atomic E-state index is -0.579. The van der Waals surface area contributed by atoms with E-state index in [-0.39, 0.29) is 5.56 Å². The van der Waals surface area contributed by atoms with Crippen molar-refractivity contribution in [1.29, 1.82) is 0 Å². The van der Waals surface area contributed by atoms with E-state index in [1.807, 2.05) is 30.3 Å². The van der Waals surface area contributed by atoms with Crippen LogP contribution in [0.25, 0.3) is 6.08 Å². The van der Waals surface area contributed by atoms with Gasteiger partial charge >= 0.3 is 0 Å². The molecular weight excluding hydrogens is 262 g/mol. The molecule has 0 saturated carbocycles. The smallest absolute Gasteiger partial charge is 0.133 e. The Kier molecular flexibility index (Phi) is 4.17. The monoisotopic (exact) mass is 274 g/mol. The number of halogens is 2. The van der Waals surface area contributed by atoms with Gasteiger partial charge in [-0.3, -0.25) is 0 Å². The molecule has 19 heavy (non-hydrogen) atoms. The van der Waals surface area contributed by atoms with Gasteiger partial charge in [-0.05, 0) is 42.3 Å². The van der Waals surface area contributed by atoms with Gasteiger partial charge in [-0.15, -0.1) is 0 Å². The van der Waals surface area contributed by atoms with Crippen LogP contribution in [0, 0.1) is 18.6 Å². The van der Waals surface area contributed by atoms with Crippen LogP contribution < -0.4 is 0 Å². The summed E-state index contributed by atoms with van der Waals surface area (Å²) >= 11 is 5.20. The molecule has 0 N–H and O–H groups in total. The number of thiocarbonyl (C=S) groups is 1. The fraction of sp³-hybridized carbons (Fsp3) is 0.0625. The molecule has 0 aliphatic carbocycles. The number of hydrogen-bond donors (Lipinski definition) is 0. The van der Waals surface area contributed by atoms with Crippen LogP contribution in [-0.4, -0.2) is 4.86 Å². The van der Waals surface area contributed by atoms with E-state index in [0.29, 0.717) is 10.4 Å². The predicted molar refractivity (Wildman–Crippen MR) is 78.3 cm³/mol. The highest BCUT2D eigenvalue weighted by molar-refractivity contribution is 7.81. The van der Waals surface area contributed by atoms with Crippen molar-refractivity contribution < 1.29 is 8.78 Å². The summed E-state index contributed by atoms with van der Waals surface area (Å²) in [5, 5.41) is 0. The summed E-state index contributed by atoms with van der Waals surface area (Å²) in [6, 6.07) is 11.9. The Morgan fingerprint density at radius 2 is 1.63 bits per heavy atom. The van der Waals surface area contributed by atoms with E-state index in [9.17, 15) is 8.78 Å². The Hall–Kier alpha value is -1.87. The molecule has 0 radical (unpaired) electrons. The van der Waals surface area contributed by atoms with Crippen molar-refractivity contribution in [3.63, 3.8) is 0 Å². The first kappa shape index (κ1) is 13.6. The van der Waals surface area contributed by atoms with Gasteiger partial charge in [0.25, 0.3) is 0 Å². The third-order valence-electron chi connectivity index (χ3n) is 2.68. The maximum absolute atomic E-state index is 13.6. The molecule has 0 amide bonds. The van der Waals surface area contributed by atoms with Gasteiger partial charge in [0, 0.05) is 10.4 Å². The molecule has 0 bridgehead atoms. The first-order chi connectivity index (χ1) is 9.08. The zero-order chi connectivity index (χ0) is 13.8. The quantitative estimate of drug-likeness (QED) is 0.444. The lowest BCUT2D eigenvalue weighted by Gasteiger charge is -2.02. The fourth-order valence-corrected chi connectivity index (χ4v) is 1.93. The molecule has 2 aromatic rings. The van der Waals surface area contributed by atoms with Crippen LogP contribution in [0.5, 0.6) is 0 Å². The van der Waals surface area contributed by atoms with Crippen LogP contribution in [0.15, 0.2) is 48.5 Å². The van der Waals surface area contributed by atoms with Crippen LogP contribution >= 0.6 is 12.2 Å². The normalized spacial score (nSPS) is 10.9. The molecular formula is C16H12F2S. The molecule has 0 nitrogen and oxygen atoms in total. The Balaban J connectivity index is 2.27. The Labute approximate surface area is 116 Å². The highest BCUT2D eigenvalue weighted by atomic mass is 32.1. The van der Waals surface area contributed by atoms with Crippen molar-refractivity contribution in [2.24, 2.45) is 0 Å². The van der Waals surface area contributed by atoms with Gasteiger partial charge in [0.15, 0.2) is 0 Å². The van der Waals surface area contributed by atoms with Gasteiger partial charge in [0.05, 0.1) is 0 Å². The van der Waals surface area contributed by atoms with E-state index < -0.39 is 11.6 Å². The minimum absolute atomic E-state index is 0.0659. The lowest BCUT2D eigenvalue weighted by atomic mass is 10.1. The second-order valence-corrected chi connectivity index (χ2v) is 4.65. The average Bonchev–Trinajstić information content (AvgIpc) is 2.38. The number of rotatable bonds is 3. The van der Waals surface area contributed by atoms with E-state index in [0.717, 1.165) is 5.56 Å². The third kappa shape index (κ3) is 3.32. The maximum atomic E-state index is 13.6. The highest BCUT2D eigenvalue weighted by Crippen LogP contribution is 2.17.